The van der Waals surface area contributed by atoms with Gasteiger partial charge in [0.15, 0.2) is 0 Å². The maximum Gasteiger partial charge on any atom is 0.233 e. The fourth-order valence-electron chi connectivity index (χ4n) is 0.634. The zero-order valence-corrected chi connectivity index (χ0v) is 6.98. The molecule has 2 N–H and O–H groups in total. The van der Waals surface area contributed by atoms with Crippen molar-refractivity contribution >= 4 is 15.8 Å². The summed E-state index contributed by atoms with van der Waals surface area (Å²) in [6, 6.07) is 3.39. The van der Waals surface area contributed by atoms with E-state index in [1.54, 1.807) is 25.3 Å². The van der Waals surface area contributed by atoms with Crippen LogP contribution in [0.1, 0.15) is 6.92 Å². The van der Waals surface area contributed by atoms with Crippen molar-refractivity contribution in [1.82, 2.24) is 4.98 Å². The number of rotatable bonds is 3. The van der Waals surface area contributed by atoms with Crippen molar-refractivity contribution in [3.63, 3.8) is 0 Å². The molecule has 62 valence electrons. The van der Waals surface area contributed by atoms with E-state index < -0.39 is 10.0 Å². The highest BCUT2D eigenvalue weighted by Gasteiger charge is 2.05. The number of hydrogen-bond donors (Lipinski definition) is 2. The minimum atomic E-state index is -3.12. The minimum Gasteiger partial charge on any atom is -0.348 e. The van der Waals surface area contributed by atoms with Crippen LogP contribution in [0.3, 0.4) is 0 Å². The topological polar surface area (TPSA) is 62.0 Å². The lowest BCUT2D eigenvalue weighted by Gasteiger charge is -2.01. The number of H-pyrrole nitrogens is 1. The fraction of sp³-hybridized carbons (Fsp3) is 0.333. The molecule has 0 aliphatic rings. The molecule has 0 amide bonds. The molecule has 0 bridgehead atoms. The van der Waals surface area contributed by atoms with Crippen molar-refractivity contribution in [3.05, 3.63) is 18.3 Å². The van der Waals surface area contributed by atoms with E-state index in [4.69, 9.17) is 0 Å². The highest BCUT2D eigenvalue weighted by molar-refractivity contribution is 7.92. The van der Waals surface area contributed by atoms with Crippen LogP contribution in [0.25, 0.3) is 0 Å². The Kier molecular flexibility index (Phi) is 2.19. The van der Waals surface area contributed by atoms with Gasteiger partial charge in [0.25, 0.3) is 0 Å². The lowest BCUT2D eigenvalue weighted by molar-refractivity contribution is 0.602. The number of hydrogen-bond acceptors (Lipinski definition) is 2. The first-order valence-electron chi connectivity index (χ1n) is 3.28. The van der Waals surface area contributed by atoms with Gasteiger partial charge in [0, 0.05) is 6.20 Å². The first-order chi connectivity index (χ1) is 5.14. The molecule has 0 aliphatic carbocycles. The average molecular weight is 174 g/mol. The van der Waals surface area contributed by atoms with E-state index in [1.807, 2.05) is 0 Å². The Morgan fingerprint density at radius 3 is 2.82 bits per heavy atom. The molecule has 0 spiro atoms. The van der Waals surface area contributed by atoms with Gasteiger partial charge < -0.3 is 4.98 Å². The average Bonchev–Trinajstić information content (AvgIpc) is 2.39. The molecule has 0 fully saturated rings. The van der Waals surface area contributed by atoms with E-state index in [0.29, 0.717) is 5.82 Å². The van der Waals surface area contributed by atoms with Gasteiger partial charge in [-0.3, -0.25) is 4.72 Å². The van der Waals surface area contributed by atoms with Crippen LogP contribution in [0.4, 0.5) is 5.82 Å². The summed E-state index contributed by atoms with van der Waals surface area (Å²) in [5.74, 6) is 0.596. The molecule has 0 aliphatic heterocycles. The molecule has 0 atom stereocenters. The van der Waals surface area contributed by atoms with Crippen molar-refractivity contribution in [1.29, 1.82) is 0 Å². The predicted molar refractivity (Wildman–Crippen MR) is 43.9 cm³/mol. The highest BCUT2D eigenvalue weighted by Crippen LogP contribution is 2.03. The Morgan fingerprint density at radius 1 is 1.64 bits per heavy atom. The second-order valence-corrected chi connectivity index (χ2v) is 4.10. The first kappa shape index (κ1) is 8.13. The molecule has 5 heteroatoms. The molecule has 0 aromatic carbocycles. The van der Waals surface area contributed by atoms with Crippen molar-refractivity contribution in [2.75, 3.05) is 10.5 Å². The quantitative estimate of drug-likeness (QED) is 0.711. The Morgan fingerprint density at radius 2 is 2.36 bits per heavy atom. The minimum absolute atomic E-state index is 0.0893. The van der Waals surface area contributed by atoms with Crippen LogP contribution in [0.5, 0.6) is 0 Å². The Balaban J connectivity index is 2.72. The second-order valence-electron chi connectivity index (χ2n) is 2.09. The first-order valence-corrected chi connectivity index (χ1v) is 4.93. The number of anilines is 1. The van der Waals surface area contributed by atoms with Crippen molar-refractivity contribution in [2.45, 2.75) is 6.92 Å². The van der Waals surface area contributed by atoms with E-state index in [2.05, 4.69) is 9.71 Å². The monoisotopic (exact) mass is 174 g/mol. The summed E-state index contributed by atoms with van der Waals surface area (Å²) in [6.45, 7) is 1.59. The lowest BCUT2D eigenvalue weighted by atomic mass is 10.6. The zero-order valence-electron chi connectivity index (χ0n) is 6.16. The Bertz CT molecular complexity index is 301. The van der Waals surface area contributed by atoms with Crippen LogP contribution in [0, 0.1) is 0 Å². The van der Waals surface area contributed by atoms with Crippen LogP contribution in [-0.2, 0) is 10.0 Å². The van der Waals surface area contributed by atoms with Gasteiger partial charge in [0.05, 0.1) is 5.75 Å². The van der Waals surface area contributed by atoms with Crippen LogP contribution in [-0.4, -0.2) is 19.2 Å². The molecule has 11 heavy (non-hydrogen) atoms. The third-order valence-electron chi connectivity index (χ3n) is 1.24. The molecule has 4 nitrogen and oxygen atoms in total. The van der Waals surface area contributed by atoms with E-state index in [0.717, 1.165) is 0 Å². The second kappa shape index (κ2) is 2.96. The van der Waals surface area contributed by atoms with Gasteiger partial charge in [-0.15, -0.1) is 0 Å². The third-order valence-corrected chi connectivity index (χ3v) is 2.53. The van der Waals surface area contributed by atoms with Gasteiger partial charge in [0.1, 0.15) is 5.82 Å². The largest absolute Gasteiger partial charge is 0.348 e. The van der Waals surface area contributed by atoms with Gasteiger partial charge in [-0.05, 0) is 19.1 Å². The summed E-state index contributed by atoms with van der Waals surface area (Å²) >= 11 is 0. The predicted octanol–water partition coefficient (Wildman–Crippen LogP) is 0.776. The van der Waals surface area contributed by atoms with Crippen molar-refractivity contribution in [3.8, 4) is 0 Å². The van der Waals surface area contributed by atoms with Crippen LogP contribution < -0.4 is 4.72 Å². The van der Waals surface area contributed by atoms with Crippen LogP contribution >= 0.6 is 0 Å². The highest BCUT2D eigenvalue weighted by atomic mass is 32.2. The summed E-state index contributed by atoms with van der Waals surface area (Å²) in [5.41, 5.74) is 0. The molecule has 0 saturated heterocycles. The van der Waals surface area contributed by atoms with Gasteiger partial charge >= 0.3 is 0 Å². The Hall–Kier alpha value is -0.970. The molecule has 1 rings (SSSR count). The van der Waals surface area contributed by atoms with Gasteiger partial charge in [0.2, 0.25) is 10.0 Å². The number of nitrogens with one attached hydrogen (secondary N) is 2. The van der Waals surface area contributed by atoms with E-state index >= 15 is 0 Å². The summed E-state index contributed by atoms with van der Waals surface area (Å²) in [4.78, 5) is 2.74. The Labute approximate surface area is 65.7 Å². The number of sulfonamides is 1. The van der Waals surface area contributed by atoms with E-state index in [1.165, 1.54) is 0 Å². The number of aromatic nitrogens is 1. The van der Waals surface area contributed by atoms with Gasteiger partial charge in [-0.25, -0.2) is 8.42 Å². The standard InChI is InChI=1S/C6H10N2O2S/c1-2-11(9,10)8-6-4-3-5-7-6/h3-5,7-8H,2H2,1H3. The van der Waals surface area contributed by atoms with E-state index in [-0.39, 0.29) is 5.75 Å². The van der Waals surface area contributed by atoms with Crippen molar-refractivity contribution < 1.29 is 8.42 Å². The number of aromatic amines is 1. The SMILES string of the molecule is CCS(=O)(=O)Nc1ccc[nH]1. The molecular formula is C6H10N2O2S. The summed E-state index contributed by atoms with van der Waals surface area (Å²) < 4.78 is 24.2. The molecule has 0 saturated carbocycles. The molecular weight excluding hydrogens is 164 g/mol. The summed E-state index contributed by atoms with van der Waals surface area (Å²) in [6.07, 6.45) is 1.66. The third kappa shape index (κ3) is 2.27. The van der Waals surface area contributed by atoms with E-state index in [9.17, 15) is 8.42 Å². The maximum atomic E-state index is 10.9. The maximum absolute atomic E-state index is 10.9. The van der Waals surface area contributed by atoms with Gasteiger partial charge in [-0.1, -0.05) is 0 Å². The smallest absolute Gasteiger partial charge is 0.233 e. The van der Waals surface area contributed by atoms with Crippen molar-refractivity contribution in [2.24, 2.45) is 0 Å². The fourth-order valence-corrected chi connectivity index (χ4v) is 1.24. The summed E-state index contributed by atoms with van der Waals surface area (Å²) in [7, 11) is -3.12. The summed E-state index contributed by atoms with van der Waals surface area (Å²) in [5, 5.41) is 0. The molecule has 0 radical (unpaired) electrons. The zero-order chi connectivity index (χ0) is 8.32. The van der Waals surface area contributed by atoms with Gasteiger partial charge in [-0.2, -0.15) is 0 Å². The molecule has 1 aromatic heterocycles. The lowest BCUT2D eigenvalue weighted by Crippen LogP contribution is -2.14. The van der Waals surface area contributed by atoms with Crippen LogP contribution in [0.15, 0.2) is 18.3 Å². The molecule has 1 aromatic rings. The van der Waals surface area contributed by atoms with Crippen LogP contribution in [0.2, 0.25) is 0 Å². The normalized spacial score (nSPS) is 11.4. The molecule has 1 heterocycles. The molecule has 0 unspecified atom stereocenters.